The van der Waals surface area contributed by atoms with Crippen LogP contribution in [-0.2, 0) is 6.18 Å². The molecule has 0 aliphatic rings. The van der Waals surface area contributed by atoms with E-state index in [1.54, 1.807) is 24.3 Å². The molecule has 3 aromatic rings. The molecule has 0 saturated carbocycles. The summed E-state index contributed by atoms with van der Waals surface area (Å²) in [5.74, 6) is -0.447. The molecule has 0 unspecified atom stereocenters. The zero-order chi connectivity index (χ0) is 18.9. The Labute approximate surface area is 155 Å². The Bertz CT molecular complexity index is 953. The SMILES string of the molecule is O=C(Nc1cc(C(F)(F)F)ccc1Cl)c1cc(-c2ccc(Cl)cc2)on1. The fourth-order valence-corrected chi connectivity index (χ4v) is 2.41. The third kappa shape index (κ3) is 4.00. The van der Waals surface area contributed by atoms with Crippen LogP contribution in [0.3, 0.4) is 0 Å². The summed E-state index contributed by atoms with van der Waals surface area (Å²) in [4.78, 5) is 12.2. The summed E-state index contributed by atoms with van der Waals surface area (Å²) in [6, 6.07) is 10.6. The predicted molar refractivity (Wildman–Crippen MR) is 91.4 cm³/mol. The molecule has 0 fully saturated rings. The minimum Gasteiger partial charge on any atom is -0.355 e. The van der Waals surface area contributed by atoms with E-state index < -0.39 is 17.6 Å². The van der Waals surface area contributed by atoms with Gasteiger partial charge in [-0.3, -0.25) is 4.79 Å². The quantitative estimate of drug-likeness (QED) is 0.593. The summed E-state index contributed by atoms with van der Waals surface area (Å²) in [5, 5.41) is 6.42. The summed E-state index contributed by atoms with van der Waals surface area (Å²) < 4.78 is 43.5. The van der Waals surface area contributed by atoms with Gasteiger partial charge in [-0.05, 0) is 42.5 Å². The number of nitrogens with zero attached hydrogens (tertiary/aromatic N) is 1. The summed E-state index contributed by atoms with van der Waals surface area (Å²) in [7, 11) is 0. The fraction of sp³-hybridized carbons (Fsp3) is 0.0588. The first-order valence-electron chi connectivity index (χ1n) is 7.15. The van der Waals surface area contributed by atoms with E-state index in [0.717, 1.165) is 18.2 Å². The molecule has 1 amide bonds. The van der Waals surface area contributed by atoms with Gasteiger partial charge in [0.05, 0.1) is 16.3 Å². The third-order valence-electron chi connectivity index (χ3n) is 3.41. The van der Waals surface area contributed by atoms with Crippen LogP contribution in [-0.4, -0.2) is 11.1 Å². The fourth-order valence-electron chi connectivity index (χ4n) is 2.12. The molecule has 134 valence electrons. The van der Waals surface area contributed by atoms with Gasteiger partial charge < -0.3 is 9.84 Å². The van der Waals surface area contributed by atoms with E-state index in [4.69, 9.17) is 27.7 Å². The lowest BCUT2D eigenvalue weighted by Crippen LogP contribution is -2.14. The van der Waals surface area contributed by atoms with Crippen molar-refractivity contribution in [2.45, 2.75) is 6.18 Å². The molecule has 0 saturated heterocycles. The van der Waals surface area contributed by atoms with E-state index in [2.05, 4.69) is 10.5 Å². The zero-order valence-electron chi connectivity index (χ0n) is 12.8. The Morgan fingerprint density at radius 1 is 1.04 bits per heavy atom. The molecule has 0 bridgehead atoms. The van der Waals surface area contributed by atoms with Gasteiger partial charge in [0.2, 0.25) is 0 Å². The van der Waals surface area contributed by atoms with E-state index >= 15 is 0 Å². The van der Waals surface area contributed by atoms with Gasteiger partial charge in [0.25, 0.3) is 5.91 Å². The number of aromatic nitrogens is 1. The first-order valence-corrected chi connectivity index (χ1v) is 7.90. The predicted octanol–water partition coefficient (Wildman–Crippen LogP) is 5.92. The highest BCUT2D eigenvalue weighted by Gasteiger charge is 2.31. The minimum absolute atomic E-state index is 0.0345. The van der Waals surface area contributed by atoms with Gasteiger partial charge >= 0.3 is 6.18 Å². The van der Waals surface area contributed by atoms with Crippen LogP contribution >= 0.6 is 23.2 Å². The molecule has 2 aromatic carbocycles. The first kappa shape index (κ1) is 18.3. The van der Waals surface area contributed by atoms with Gasteiger partial charge in [0.1, 0.15) is 0 Å². The van der Waals surface area contributed by atoms with Gasteiger partial charge in [0.15, 0.2) is 11.5 Å². The maximum atomic E-state index is 12.8. The number of halogens is 5. The van der Waals surface area contributed by atoms with Crippen LogP contribution in [0.5, 0.6) is 0 Å². The highest BCUT2D eigenvalue weighted by Crippen LogP contribution is 2.34. The first-order chi connectivity index (χ1) is 12.2. The van der Waals surface area contributed by atoms with Crippen LogP contribution in [0.2, 0.25) is 10.0 Å². The second-order valence-corrected chi connectivity index (χ2v) is 6.07. The molecule has 0 spiro atoms. The average Bonchev–Trinajstić information content (AvgIpc) is 3.06. The minimum atomic E-state index is -4.56. The Hall–Kier alpha value is -2.51. The van der Waals surface area contributed by atoms with Gasteiger partial charge in [-0.25, -0.2) is 0 Å². The molecule has 0 aliphatic carbocycles. The monoisotopic (exact) mass is 400 g/mol. The molecule has 0 atom stereocenters. The van der Waals surface area contributed by atoms with Crippen molar-refractivity contribution in [1.29, 1.82) is 0 Å². The molecule has 3 rings (SSSR count). The Morgan fingerprint density at radius 3 is 2.38 bits per heavy atom. The van der Waals surface area contributed by atoms with Crippen LogP contribution < -0.4 is 5.32 Å². The largest absolute Gasteiger partial charge is 0.416 e. The smallest absolute Gasteiger partial charge is 0.355 e. The molecule has 1 N–H and O–H groups in total. The van der Waals surface area contributed by atoms with E-state index in [0.29, 0.717) is 16.3 Å². The number of rotatable bonds is 3. The van der Waals surface area contributed by atoms with Crippen molar-refractivity contribution < 1.29 is 22.5 Å². The van der Waals surface area contributed by atoms with Crippen molar-refractivity contribution in [1.82, 2.24) is 5.16 Å². The van der Waals surface area contributed by atoms with Crippen LogP contribution in [0.15, 0.2) is 53.1 Å². The standard InChI is InChI=1S/C17H9Cl2F3N2O2/c18-11-4-1-9(2-5-11)15-8-14(24-26-15)16(25)23-13-7-10(17(20,21)22)3-6-12(13)19/h1-8H,(H,23,25). The molecule has 0 radical (unpaired) electrons. The topological polar surface area (TPSA) is 55.1 Å². The van der Waals surface area contributed by atoms with Crippen molar-refractivity contribution in [3.63, 3.8) is 0 Å². The number of benzene rings is 2. The summed E-state index contributed by atoms with van der Waals surface area (Å²) in [5.41, 5.74) is -0.580. The van der Waals surface area contributed by atoms with Gasteiger partial charge in [-0.15, -0.1) is 0 Å². The van der Waals surface area contributed by atoms with E-state index in [-0.39, 0.29) is 16.4 Å². The number of carbonyl (C=O) groups excluding carboxylic acids is 1. The number of nitrogens with one attached hydrogen (secondary N) is 1. The highest BCUT2D eigenvalue weighted by atomic mass is 35.5. The zero-order valence-corrected chi connectivity index (χ0v) is 14.3. The molecule has 0 aliphatic heterocycles. The number of carbonyl (C=O) groups is 1. The highest BCUT2D eigenvalue weighted by molar-refractivity contribution is 6.34. The number of hydrogen-bond donors (Lipinski definition) is 1. The van der Waals surface area contributed by atoms with Crippen molar-refractivity contribution in [2.24, 2.45) is 0 Å². The molecule has 1 aromatic heterocycles. The molecule has 9 heteroatoms. The normalized spacial score (nSPS) is 11.4. The van der Waals surface area contributed by atoms with E-state index in [1.807, 2.05) is 0 Å². The number of amides is 1. The molecular weight excluding hydrogens is 392 g/mol. The van der Waals surface area contributed by atoms with Crippen LogP contribution in [0.4, 0.5) is 18.9 Å². The van der Waals surface area contributed by atoms with Crippen molar-refractivity contribution in [2.75, 3.05) is 5.32 Å². The number of alkyl halides is 3. The lowest BCUT2D eigenvalue weighted by atomic mass is 10.1. The lowest BCUT2D eigenvalue weighted by Gasteiger charge is -2.10. The van der Waals surface area contributed by atoms with E-state index in [9.17, 15) is 18.0 Å². The molecule has 4 nitrogen and oxygen atoms in total. The van der Waals surface area contributed by atoms with Gasteiger partial charge in [0, 0.05) is 16.7 Å². The van der Waals surface area contributed by atoms with Crippen molar-refractivity contribution in [3.05, 3.63) is 69.8 Å². The average molecular weight is 401 g/mol. The summed E-state index contributed by atoms with van der Waals surface area (Å²) in [6.07, 6.45) is -4.56. The Kier molecular flexibility index (Phi) is 4.93. The Balaban J connectivity index is 1.82. The second-order valence-electron chi connectivity index (χ2n) is 5.23. The number of anilines is 1. The van der Waals surface area contributed by atoms with Crippen LogP contribution in [0, 0.1) is 0 Å². The molecule has 1 heterocycles. The van der Waals surface area contributed by atoms with Gasteiger partial charge in [-0.1, -0.05) is 28.4 Å². The number of hydrogen-bond acceptors (Lipinski definition) is 3. The van der Waals surface area contributed by atoms with E-state index in [1.165, 1.54) is 6.07 Å². The van der Waals surface area contributed by atoms with Gasteiger partial charge in [-0.2, -0.15) is 13.2 Å². The second kappa shape index (κ2) is 7.01. The summed E-state index contributed by atoms with van der Waals surface area (Å²) in [6.45, 7) is 0. The maximum absolute atomic E-state index is 12.8. The third-order valence-corrected chi connectivity index (χ3v) is 3.99. The molecular formula is C17H9Cl2F3N2O2. The van der Waals surface area contributed by atoms with Crippen LogP contribution in [0.1, 0.15) is 16.1 Å². The van der Waals surface area contributed by atoms with Crippen molar-refractivity contribution >= 4 is 34.8 Å². The van der Waals surface area contributed by atoms with Crippen LogP contribution in [0.25, 0.3) is 11.3 Å². The lowest BCUT2D eigenvalue weighted by molar-refractivity contribution is -0.137. The molecule has 26 heavy (non-hydrogen) atoms. The summed E-state index contributed by atoms with van der Waals surface area (Å²) >= 11 is 11.7. The van der Waals surface area contributed by atoms with Crippen molar-refractivity contribution in [3.8, 4) is 11.3 Å². The maximum Gasteiger partial charge on any atom is 0.416 e. The Morgan fingerprint density at radius 2 is 1.73 bits per heavy atom.